The summed E-state index contributed by atoms with van der Waals surface area (Å²) in [5.41, 5.74) is 6.25. The molecule has 0 spiro atoms. The van der Waals surface area contributed by atoms with Crippen LogP contribution < -0.4 is 11.1 Å². The number of halogens is 1. The van der Waals surface area contributed by atoms with E-state index in [0.717, 1.165) is 5.56 Å². The van der Waals surface area contributed by atoms with Crippen molar-refractivity contribution in [3.05, 3.63) is 29.8 Å². The van der Waals surface area contributed by atoms with Crippen LogP contribution in [0, 0.1) is 5.82 Å². The molecule has 0 aliphatic heterocycles. The summed E-state index contributed by atoms with van der Waals surface area (Å²) in [7, 11) is 0. The van der Waals surface area contributed by atoms with E-state index in [1.807, 2.05) is 6.92 Å². The van der Waals surface area contributed by atoms with Crippen molar-refractivity contribution >= 4 is 0 Å². The van der Waals surface area contributed by atoms with E-state index >= 15 is 0 Å². The Bertz CT molecular complexity index is 265. The first-order valence-corrected chi connectivity index (χ1v) is 4.25. The molecule has 1 atom stereocenters. The summed E-state index contributed by atoms with van der Waals surface area (Å²) < 4.78 is 12.7. The minimum Gasteiger partial charge on any atom is -0.329 e. The summed E-state index contributed by atoms with van der Waals surface area (Å²) in [6, 6.07) is 1.70. The highest BCUT2D eigenvalue weighted by Crippen LogP contribution is 2.00. The molecule has 13 heavy (non-hydrogen) atoms. The van der Waals surface area contributed by atoms with E-state index in [0.29, 0.717) is 13.1 Å². The van der Waals surface area contributed by atoms with Crippen molar-refractivity contribution in [2.24, 2.45) is 5.73 Å². The summed E-state index contributed by atoms with van der Waals surface area (Å²) in [5.74, 6) is -0.306. The predicted octanol–water partition coefficient (Wildman–Crippen LogP) is 0.658. The first kappa shape index (κ1) is 10.1. The van der Waals surface area contributed by atoms with Gasteiger partial charge in [-0.25, -0.2) is 4.39 Å². The van der Waals surface area contributed by atoms with E-state index in [9.17, 15) is 4.39 Å². The zero-order valence-electron chi connectivity index (χ0n) is 7.63. The van der Waals surface area contributed by atoms with Crippen LogP contribution in [0.15, 0.2) is 18.5 Å². The fourth-order valence-electron chi connectivity index (χ4n) is 0.928. The maximum absolute atomic E-state index is 12.7. The summed E-state index contributed by atoms with van der Waals surface area (Å²) in [6.45, 7) is 3.15. The largest absolute Gasteiger partial charge is 0.329 e. The maximum Gasteiger partial charge on any atom is 0.141 e. The summed E-state index contributed by atoms with van der Waals surface area (Å²) in [4.78, 5) is 3.74. The first-order chi connectivity index (χ1) is 6.22. The number of nitrogens with two attached hydrogens (primary N) is 1. The van der Waals surface area contributed by atoms with Gasteiger partial charge in [-0.15, -0.1) is 0 Å². The second-order valence-corrected chi connectivity index (χ2v) is 3.03. The molecule has 0 aromatic carbocycles. The van der Waals surface area contributed by atoms with Crippen molar-refractivity contribution in [3.63, 3.8) is 0 Å². The number of rotatable bonds is 4. The smallest absolute Gasteiger partial charge is 0.141 e. The topological polar surface area (TPSA) is 50.9 Å². The number of nitrogens with zero attached hydrogens (tertiary/aromatic N) is 1. The molecule has 0 fully saturated rings. The Morgan fingerprint density at radius 1 is 1.62 bits per heavy atom. The third-order valence-corrected chi connectivity index (χ3v) is 1.77. The quantitative estimate of drug-likeness (QED) is 0.721. The zero-order valence-corrected chi connectivity index (χ0v) is 7.63. The Morgan fingerprint density at radius 3 is 3.00 bits per heavy atom. The van der Waals surface area contributed by atoms with Gasteiger partial charge < -0.3 is 11.1 Å². The standard InChI is InChI=1S/C9H14FN3/c1-7(3-11)13-5-8-2-9(10)6-12-4-8/h2,4,6-7,13H,3,5,11H2,1H3/t7-/m0/s1. The van der Waals surface area contributed by atoms with Gasteiger partial charge in [-0.1, -0.05) is 0 Å². The van der Waals surface area contributed by atoms with Gasteiger partial charge in [0.25, 0.3) is 0 Å². The molecule has 0 saturated carbocycles. The maximum atomic E-state index is 12.7. The van der Waals surface area contributed by atoms with Crippen molar-refractivity contribution < 1.29 is 4.39 Å². The molecule has 0 aliphatic rings. The Morgan fingerprint density at radius 2 is 2.38 bits per heavy atom. The molecule has 0 unspecified atom stereocenters. The van der Waals surface area contributed by atoms with Gasteiger partial charge in [-0.3, -0.25) is 4.98 Å². The van der Waals surface area contributed by atoms with Gasteiger partial charge in [-0.05, 0) is 18.6 Å². The predicted molar refractivity (Wildman–Crippen MR) is 49.6 cm³/mol. The number of hydrogen-bond acceptors (Lipinski definition) is 3. The van der Waals surface area contributed by atoms with Crippen LogP contribution in [-0.4, -0.2) is 17.6 Å². The van der Waals surface area contributed by atoms with Gasteiger partial charge >= 0.3 is 0 Å². The van der Waals surface area contributed by atoms with Crippen molar-refractivity contribution in [1.82, 2.24) is 10.3 Å². The van der Waals surface area contributed by atoms with Crippen LogP contribution in [0.2, 0.25) is 0 Å². The fraction of sp³-hybridized carbons (Fsp3) is 0.444. The fourth-order valence-corrected chi connectivity index (χ4v) is 0.928. The minimum absolute atomic E-state index is 0.239. The lowest BCUT2D eigenvalue weighted by atomic mass is 10.2. The van der Waals surface area contributed by atoms with E-state index in [1.54, 1.807) is 6.20 Å². The molecule has 0 bridgehead atoms. The molecule has 3 N–H and O–H groups in total. The lowest BCUT2D eigenvalue weighted by molar-refractivity contribution is 0.551. The lowest BCUT2D eigenvalue weighted by Crippen LogP contribution is -2.32. The normalized spacial score (nSPS) is 12.8. The monoisotopic (exact) mass is 183 g/mol. The molecule has 1 heterocycles. The van der Waals surface area contributed by atoms with Crippen LogP contribution in [0.3, 0.4) is 0 Å². The zero-order chi connectivity index (χ0) is 9.68. The average Bonchev–Trinajstić information content (AvgIpc) is 2.14. The molecule has 1 rings (SSSR count). The van der Waals surface area contributed by atoms with Crippen molar-refractivity contribution in [2.75, 3.05) is 6.54 Å². The lowest BCUT2D eigenvalue weighted by Gasteiger charge is -2.10. The van der Waals surface area contributed by atoms with Gasteiger partial charge in [0, 0.05) is 25.3 Å². The Kier molecular flexibility index (Phi) is 3.79. The van der Waals surface area contributed by atoms with E-state index in [1.165, 1.54) is 12.3 Å². The SMILES string of the molecule is C[C@@H](CN)NCc1cncc(F)c1. The van der Waals surface area contributed by atoms with Crippen LogP contribution >= 0.6 is 0 Å². The van der Waals surface area contributed by atoms with Crippen LogP contribution in [0.5, 0.6) is 0 Å². The Labute approximate surface area is 77.2 Å². The van der Waals surface area contributed by atoms with Crippen LogP contribution in [-0.2, 0) is 6.54 Å². The molecule has 4 heteroatoms. The molecule has 72 valence electrons. The highest BCUT2D eigenvalue weighted by molar-refractivity contribution is 5.09. The molecule has 0 amide bonds. The molecule has 3 nitrogen and oxygen atoms in total. The Balaban J connectivity index is 2.45. The molecule has 1 aromatic heterocycles. The second kappa shape index (κ2) is 4.89. The van der Waals surface area contributed by atoms with Crippen LogP contribution in [0.1, 0.15) is 12.5 Å². The van der Waals surface area contributed by atoms with E-state index in [-0.39, 0.29) is 11.9 Å². The van der Waals surface area contributed by atoms with Gasteiger partial charge in [-0.2, -0.15) is 0 Å². The minimum atomic E-state index is -0.306. The number of pyridine rings is 1. The van der Waals surface area contributed by atoms with Gasteiger partial charge in [0.2, 0.25) is 0 Å². The van der Waals surface area contributed by atoms with Gasteiger partial charge in [0.05, 0.1) is 6.20 Å². The number of hydrogen-bond donors (Lipinski definition) is 2. The van der Waals surface area contributed by atoms with Crippen molar-refractivity contribution in [2.45, 2.75) is 19.5 Å². The van der Waals surface area contributed by atoms with E-state index in [4.69, 9.17) is 5.73 Å². The van der Waals surface area contributed by atoms with Crippen LogP contribution in [0.25, 0.3) is 0 Å². The molecular weight excluding hydrogens is 169 g/mol. The van der Waals surface area contributed by atoms with Crippen molar-refractivity contribution in [3.8, 4) is 0 Å². The third-order valence-electron chi connectivity index (χ3n) is 1.77. The van der Waals surface area contributed by atoms with Crippen LogP contribution in [0.4, 0.5) is 4.39 Å². The highest BCUT2D eigenvalue weighted by Gasteiger charge is 1.99. The Hall–Kier alpha value is -1.00. The average molecular weight is 183 g/mol. The molecule has 0 radical (unpaired) electrons. The summed E-state index contributed by atoms with van der Waals surface area (Å²) in [6.07, 6.45) is 2.83. The van der Waals surface area contributed by atoms with E-state index in [2.05, 4.69) is 10.3 Å². The first-order valence-electron chi connectivity index (χ1n) is 4.25. The number of aromatic nitrogens is 1. The third kappa shape index (κ3) is 3.48. The van der Waals surface area contributed by atoms with E-state index < -0.39 is 0 Å². The summed E-state index contributed by atoms with van der Waals surface area (Å²) >= 11 is 0. The highest BCUT2D eigenvalue weighted by atomic mass is 19.1. The molecular formula is C9H14FN3. The molecule has 1 aromatic rings. The molecule has 0 saturated heterocycles. The summed E-state index contributed by atoms with van der Waals surface area (Å²) in [5, 5.41) is 3.14. The number of nitrogens with one attached hydrogen (secondary N) is 1. The van der Waals surface area contributed by atoms with Gasteiger partial charge in [0.15, 0.2) is 0 Å². The van der Waals surface area contributed by atoms with Gasteiger partial charge in [0.1, 0.15) is 5.82 Å². The van der Waals surface area contributed by atoms with Crippen molar-refractivity contribution in [1.29, 1.82) is 0 Å². The molecule has 0 aliphatic carbocycles. The second-order valence-electron chi connectivity index (χ2n) is 3.03.